The largest absolute Gasteiger partial charge is 0.478 e. The summed E-state index contributed by atoms with van der Waals surface area (Å²) in [5, 5.41) is 12.0. The fourth-order valence-electron chi connectivity index (χ4n) is 1.32. The van der Waals surface area contributed by atoms with E-state index in [-0.39, 0.29) is 0 Å². The standard InChI is InChI=1S/C13H17NO2/c1-2-14-10-4-3-5-11-6-8-12(9-7-11)13(15)16/h3,5-9,14H,2,4,10H2,1H3,(H,15,16). The van der Waals surface area contributed by atoms with Crippen LogP contribution in [0.1, 0.15) is 29.3 Å². The van der Waals surface area contributed by atoms with Crippen molar-refractivity contribution in [2.24, 2.45) is 0 Å². The summed E-state index contributed by atoms with van der Waals surface area (Å²) >= 11 is 0. The molecule has 2 N–H and O–H groups in total. The van der Waals surface area contributed by atoms with Crippen LogP contribution in [0, 0.1) is 0 Å². The van der Waals surface area contributed by atoms with Crippen LogP contribution in [0.3, 0.4) is 0 Å². The van der Waals surface area contributed by atoms with E-state index in [1.54, 1.807) is 12.1 Å². The van der Waals surface area contributed by atoms with Crippen molar-refractivity contribution in [2.45, 2.75) is 13.3 Å². The number of aromatic carboxylic acids is 1. The molecule has 0 aliphatic heterocycles. The van der Waals surface area contributed by atoms with E-state index in [0.29, 0.717) is 5.56 Å². The fourth-order valence-corrected chi connectivity index (χ4v) is 1.32. The minimum absolute atomic E-state index is 0.324. The van der Waals surface area contributed by atoms with E-state index >= 15 is 0 Å². The summed E-state index contributed by atoms with van der Waals surface area (Å²) in [4.78, 5) is 10.6. The van der Waals surface area contributed by atoms with Gasteiger partial charge >= 0.3 is 5.97 Å². The average molecular weight is 219 g/mol. The first-order chi connectivity index (χ1) is 7.74. The zero-order chi connectivity index (χ0) is 11.8. The molecule has 1 aromatic rings. The molecule has 0 aliphatic carbocycles. The Morgan fingerprint density at radius 2 is 2.06 bits per heavy atom. The van der Waals surface area contributed by atoms with Gasteiger partial charge in [-0.1, -0.05) is 31.2 Å². The Morgan fingerprint density at radius 1 is 1.38 bits per heavy atom. The molecule has 1 aromatic carbocycles. The molecule has 0 aromatic heterocycles. The summed E-state index contributed by atoms with van der Waals surface area (Å²) < 4.78 is 0. The zero-order valence-electron chi connectivity index (χ0n) is 9.44. The maximum absolute atomic E-state index is 10.6. The van der Waals surface area contributed by atoms with E-state index in [4.69, 9.17) is 5.11 Å². The monoisotopic (exact) mass is 219 g/mol. The lowest BCUT2D eigenvalue weighted by Gasteiger charge is -1.97. The van der Waals surface area contributed by atoms with Gasteiger partial charge in [0.25, 0.3) is 0 Å². The van der Waals surface area contributed by atoms with Crippen LogP contribution in [-0.4, -0.2) is 24.2 Å². The molecule has 1 rings (SSSR count). The van der Waals surface area contributed by atoms with Crippen molar-refractivity contribution < 1.29 is 9.90 Å². The first kappa shape index (κ1) is 12.5. The molecule has 0 bridgehead atoms. The molecule has 0 spiro atoms. The summed E-state index contributed by atoms with van der Waals surface area (Å²) in [6.45, 7) is 4.04. The third kappa shape index (κ3) is 4.28. The lowest BCUT2D eigenvalue weighted by Crippen LogP contribution is -2.12. The van der Waals surface area contributed by atoms with Gasteiger partial charge < -0.3 is 10.4 Å². The molecule has 86 valence electrons. The Labute approximate surface area is 95.8 Å². The van der Waals surface area contributed by atoms with Gasteiger partial charge in [0.05, 0.1) is 5.56 Å². The molecule has 3 heteroatoms. The molecule has 0 saturated heterocycles. The minimum atomic E-state index is -0.886. The molecule has 0 atom stereocenters. The molecular weight excluding hydrogens is 202 g/mol. The van der Waals surface area contributed by atoms with E-state index < -0.39 is 5.97 Å². The first-order valence-electron chi connectivity index (χ1n) is 5.44. The number of carboxylic acids is 1. The van der Waals surface area contributed by atoms with Gasteiger partial charge in [-0.2, -0.15) is 0 Å². The third-order valence-electron chi connectivity index (χ3n) is 2.21. The number of rotatable bonds is 6. The van der Waals surface area contributed by atoms with E-state index in [0.717, 1.165) is 25.1 Å². The second-order valence-electron chi connectivity index (χ2n) is 3.47. The maximum Gasteiger partial charge on any atom is 0.335 e. The lowest BCUT2D eigenvalue weighted by atomic mass is 10.1. The zero-order valence-corrected chi connectivity index (χ0v) is 9.44. The van der Waals surface area contributed by atoms with Gasteiger partial charge in [-0.05, 0) is 37.2 Å². The number of hydrogen-bond acceptors (Lipinski definition) is 2. The Hall–Kier alpha value is -1.61. The number of carbonyl (C=O) groups is 1. The molecule has 0 unspecified atom stereocenters. The van der Waals surface area contributed by atoms with Gasteiger partial charge in [0.1, 0.15) is 0 Å². The van der Waals surface area contributed by atoms with E-state index in [2.05, 4.69) is 18.3 Å². The summed E-state index contributed by atoms with van der Waals surface area (Å²) in [6.07, 6.45) is 5.07. The van der Waals surface area contributed by atoms with Crippen LogP contribution in [0.5, 0.6) is 0 Å². The van der Waals surface area contributed by atoms with Gasteiger partial charge in [0.2, 0.25) is 0 Å². The maximum atomic E-state index is 10.6. The van der Waals surface area contributed by atoms with Gasteiger partial charge in [-0.25, -0.2) is 4.79 Å². The van der Waals surface area contributed by atoms with E-state index in [1.807, 2.05) is 18.2 Å². The topological polar surface area (TPSA) is 49.3 Å². The van der Waals surface area contributed by atoms with Crippen LogP contribution >= 0.6 is 0 Å². The van der Waals surface area contributed by atoms with Crippen molar-refractivity contribution >= 4 is 12.0 Å². The number of benzene rings is 1. The summed E-state index contributed by atoms with van der Waals surface area (Å²) in [5.74, 6) is -0.886. The molecule has 16 heavy (non-hydrogen) atoms. The van der Waals surface area contributed by atoms with Crippen LogP contribution in [0.25, 0.3) is 6.08 Å². The molecule has 0 radical (unpaired) electrons. The normalized spacial score (nSPS) is 10.8. The molecule has 3 nitrogen and oxygen atoms in total. The second-order valence-corrected chi connectivity index (χ2v) is 3.47. The number of hydrogen-bond donors (Lipinski definition) is 2. The van der Waals surface area contributed by atoms with Crippen LogP contribution in [0.2, 0.25) is 0 Å². The van der Waals surface area contributed by atoms with Gasteiger partial charge in [0.15, 0.2) is 0 Å². The Kier molecular flexibility index (Phi) is 5.29. The van der Waals surface area contributed by atoms with Crippen molar-refractivity contribution in [2.75, 3.05) is 13.1 Å². The predicted octanol–water partition coefficient (Wildman–Crippen LogP) is 2.40. The first-order valence-corrected chi connectivity index (χ1v) is 5.44. The third-order valence-corrected chi connectivity index (χ3v) is 2.21. The minimum Gasteiger partial charge on any atom is -0.478 e. The SMILES string of the molecule is CCNCCC=Cc1ccc(C(=O)O)cc1. The molecule has 0 fully saturated rings. The van der Waals surface area contributed by atoms with Gasteiger partial charge in [-0.3, -0.25) is 0 Å². The van der Waals surface area contributed by atoms with Crippen molar-refractivity contribution in [3.8, 4) is 0 Å². The average Bonchev–Trinajstić information content (AvgIpc) is 2.29. The molecule has 0 saturated carbocycles. The Bertz CT molecular complexity index is 355. The van der Waals surface area contributed by atoms with Crippen LogP contribution in [0.4, 0.5) is 0 Å². The van der Waals surface area contributed by atoms with Gasteiger partial charge in [-0.15, -0.1) is 0 Å². The van der Waals surface area contributed by atoms with Crippen LogP contribution < -0.4 is 5.32 Å². The highest BCUT2D eigenvalue weighted by molar-refractivity contribution is 5.87. The highest BCUT2D eigenvalue weighted by atomic mass is 16.4. The van der Waals surface area contributed by atoms with Crippen molar-refractivity contribution in [1.82, 2.24) is 5.32 Å². The molecule has 0 amide bonds. The van der Waals surface area contributed by atoms with E-state index in [9.17, 15) is 4.79 Å². The van der Waals surface area contributed by atoms with E-state index in [1.165, 1.54) is 0 Å². The summed E-state index contributed by atoms with van der Waals surface area (Å²) in [6, 6.07) is 6.86. The summed E-state index contributed by atoms with van der Waals surface area (Å²) in [5.41, 5.74) is 1.35. The predicted molar refractivity (Wildman–Crippen MR) is 65.6 cm³/mol. The lowest BCUT2D eigenvalue weighted by molar-refractivity contribution is 0.0697. The number of carboxylic acid groups (broad SMARTS) is 1. The van der Waals surface area contributed by atoms with Crippen molar-refractivity contribution in [1.29, 1.82) is 0 Å². The van der Waals surface area contributed by atoms with Gasteiger partial charge in [0, 0.05) is 0 Å². The smallest absolute Gasteiger partial charge is 0.335 e. The summed E-state index contributed by atoms with van der Waals surface area (Å²) in [7, 11) is 0. The second kappa shape index (κ2) is 6.80. The van der Waals surface area contributed by atoms with Crippen LogP contribution in [-0.2, 0) is 0 Å². The molecule has 0 aliphatic rings. The molecular formula is C13H17NO2. The quantitative estimate of drug-likeness (QED) is 0.722. The Balaban J connectivity index is 2.45. The number of nitrogens with one attached hydrogen (secondary N) is 1. The van der Waals surface area contributed by atoms with Crippen LogP contribution in [0.15, 0.2) is 30.3 Å². The fraction of sp³-hybridized carbons (Fsp3) is 0.308. The highest BCUT2D eigenvalue weighted by Crippen LogP contribution is 2.06. The molecule has 0 heterocycles. The van der Waals surface area contributed by atoms with Crippen molar-refractivity contribution in [3.63, 3.8) is 0 Å². The highest BCUT2D eigenvalue weighted by Gasteiger charge is 1.99. The Morgan fingerprint density at radius 3 is 2.62 bits per heavy atom. The van der Waals surface area contributed by atoms with Crippen molar-refractivity contribution in [3.05, 3.63) is 41.5 Å².